The molecule has 0 bridgehead atoms. The molecule has 0 saturated carbocycles. The summed E-state index contributed by atoms with van der Waals surface area (Å²) < 4.78 is 0. The number of carbonyl (C=O) groups excluding carboxylic acids is 1. The summed E-state index contributed by atoms with van der Waals surface area (Å²) in [4.78, 5) is 12.5. The van der Waals surface area contributed by atoms with Crippen LogP contribution in [0.4, 0.5) is 0 Å². The van der Waals surface area contributed by atoms with Crippen molar-refractivity contribution < 1.29 is 9.90 Å². The van der Waals surface area contributed by atoms with Crippen LogP contribution < -0.4 is 0 Å². The first-order valence-corrected chi connectivity index (χ1v) is 6.48. The smallest absolute Gasteiger partial charge is 0.193 e. The molecule has 1 atom stereocenters. The maximum absolute atomic E-state index is 12.5. The molecule has 0 heterocycles. The molecule has 0 aliphatic heterocycles. The molecule has 98 valence electrons. The second-order valence-electron chi connectivity index (χ2n) is 4.97. The van der Waals surface area contributed by atoms with Gasteiger partial charge in [-0.15, -0.1) is 0 Å². The molecule has 0 radical (unpaired) electrons. The van der Waals surface area contributed by atoms with E-state index in [1.807, 2.05) is 50.2 Å². The van der Waals surface area contributed by atoms with E-state index in [0.29, 0.717) is 16.7 Å². The molecule has 19 heavy (non-hydrogen) atoms. The van der Waals surface area contributed by atoms with Gasteiger partial charge in [-0.3, -0.25) is 4.79 Å². The van der Waals surface area contributed by atoms with Crippen LogP contribution in [0.1, 0.15) is 41.4 Å². The summed E-state index contributed by atoms with van der Waals surface area (Å²) in [6.45, 7) is 3.88. The summed E-state index contributed by atoms with van der Waals surface area (Å²) in [5, 5.41) is 10.2. The Kier molecular flexibility index (Phi) is 4.13. The van der Waals surface area contributed by atoms with Gasteiger partial charge in [0.05, 0.1) is 6.10 Å². The van der Waals surface area contributed by atoms with Gasteiger partial charge in [0.15, 0.2) is 5.78 Å². The number of ketones is 1. The maximum atomic E-state index is 12.5. The van der Waals surface area contributed by atoms with Crippen molar-refractivity contribution in [3.63, 3.8) is 0 Å². The molecule has 2 aromatic rings. The van der Waals surface area contributed by atoms with Crippen LogP contribution in [0, 0.1) is 5.92 Å². The Labute approximate surface area is 113 Å². The number of hydrogen-bond donors (Lipinski definition) is 1. The highest BCUT2D eigenvalue weighted by molar-refractivity contribution is 6.09. The molecular formula is C17H18O2. The monoisotopic (exact) mass is 254 g/mol. The Morgan fingerprint density at radius 3 is 2.16 bits per heavy atom. The predicted octanol–water partition coefficient (Wildman–Crippen LogP) is 3.61. The van der Waals surface area contributed by atoms with Gasteiger partial charge in [-0.2, -0.15) is 0 Å². The Hall–Kier alpha value is -1.93. The van der Waals surface area contributed by atoms with Gasteiger partial charge in [0.2, 0.25) is 0 Å². The average Bonchev–Trinajstić information content (AvgIpc) is 2.46. The van der Waals surface area contributed by atoms with Crippen LogP contribution in [-0.2, 0) is 0 Å². The number of aliphatic hydroxyl groups excluding tert-OH is 1. The van der Waals surface area contributed by atoms with Crippen molar-refractivity contribution >= 4 is 5.78 Å². The topological polar surface area (TPSA) is 37.3 Å². The molecule has 2 nitrogen and oxygen atoms in total. The number of benzene rings is 2. The maximum Gasteiger partial charge on any atom is 0.193 e. The lowest BCUT2D eigenvalue weighted by atomic mass is 9.91. The van der Waals surface area contributed by atoms with E-state index in [9.17, 15) is 9.90 Å². The zero-order valence-corrected chi connectivity index (χ0v) is 11.2. The van der Waals surface area contributed by atoms with E-state index < -0.39 is 6.10 Å². The number of hydrogen-bond acceptors (Lipinski definition) is 2. The SMILES string of the molecule is CC(C)C(O)c1ccccc1C(=O)c1ccccc1. The van der Waals surface area contributed by atoms with Crippen molar-refractivity contribution in [1.29, 1.82) is 0 Å². The lowest BCUT2D eigenvalue weighted by molar-refractivity contribution is 0.101. The van der Waals surface area contributed by atoms with E-state index in [1.165, 1.54) is 0 Å². The number of carbonyl (C=O) groups is 1. The zero-order valence-electron chi connectivity index (χ0n) is 11.2. The second kappa shape index (κ2) is 5.81. The third-order valence-electron chi connectivity index (χ3n) is 3.19. The molecule has 0 aliphatic carbocycles. The van der Waals surface area contributed by atoms with Crippen LogP contribution in [0.3, 0.4) is 0 Å². The molecule has 2 rings (SSSR count). The first-order chi connectivity index (χ1) is 9.11. The van der Waals surface area contributed by atoms with E-state index in [1.54, 1.807) is 18.2 Å². The fourth-order valence-corrected chi connectivity index (χ4v) is 2.07. The molecule has 1 N–H and O–H groups in total. The van der Waals surface area contributed by atoms with Gasteiger partial charge in [-0.25, -0.2) is 0 Å². The highest BCUT2D eigenvalue weighted by Gasteiger charge is 2.20. The van der Waals surface area contributed by atoms with Gasteiger partial charge in [-0.1, -0.05) is 68.4 Å². The van der Waals surface area contributed by atoms with E-state index >= 15 is 0 Å². The van der Waals surface area contributed by atoms with Crippen LogP contribution in [0.25, 0.3) is 0 Å². The summed E-state index contributed by atoms with van der Waals surface area (Å²) in [5.41, 5.74) is 1.92. The lowest BCUT2D eigenvalue weighted by Gasteiger charge is -2.18. The molecule has 0 fully saturated rings. The number of aliphatic hydroxyl groups is 1. The van der Waals surface area contributed by atoms with Crippen LogP contribution in [0.2, 0.25) is 0 Å². The number of rotatable bonds is 4. The second-order valence-corrected chi connectivity index (χ2v) is 4.97. The molecule has 0 spiro atoms. The molecule has 0 saturated heterocycles. The Morgan fingerprint density at radius 2 is 1.53 bits per heavy atom. The van der Waals surface area contributed by atoms with Crippen molar-refractivity contribution in [2.45, 2.75) is 20.0 Å². The molecule has 0 aliphatic rings. The minimum absolute atomic E-state index is 0.0455. The molecule has 2 aromatic carbocycles. The lowest BCUT2D eigenvalue weighted by Crippen LogP contribution is -2.12. The van der Waals surface area contributed by atoms with Gasteiger partial charge in [0, 0.05) is 11.1 Å². The summed E-state index contributed by atoms with van der Waals surface area (Å²) in [6, 6.07) is 16.4. The van der Waals surface area contributed by atoms with E-state index in [-0.39, 0.29) is 11.7 Å². The summed E-state index contributed by atoms with van der Waals surface area (Å²) in [5.74, 6) is 0.0284. The fraction of sp³-hybridized carbons (Fsp3) is 0.235. The Morgan fingerprint density at radius 1 is 0.947 bits per heavy atom. The van der Waals surface area contributed by atoms with Crippen molar-refractivity contribution in [2.24, 2.45) is 5.92 Å². The molecule has 1 unspecified atom stereocenters. The highest BCUT2D eigenvalue weighted by Crippen LogP contribution is 2.26. The van der Waals surface area contributed by atoms with Crippen LogP contribution in [0.15, 0.2) is 54.6 Å². The van der Waals surface area contributed by atoms with Crippen molar-refractivity contribution in [3.8, 4) is 0 Å². The van der Waals surface area contributed by atoms with Gasteiger partial charge in [-0.05, 0) is 11.5 Å². The quantitative estimate of drug-likeness (QED) is 0.846. The largest absolute Gasteiger partial charge is 0.388 e. The van der Waals surface area contributed by atoms with E-state index in [0.717, 1.165) is 0 Å². The van der Waals surface area contributed by atoms with Crippen LogP contribution >= 0.6 is 0 Å². The minimum atomic E-state index is -0.621. The fourth-order valence-electron chi connectivity index (χ4n) is 2.07. The molecule has 0 amide bonds. The van der Waals surface area contributed by atoms with Crippen LogP contribution in [0.5, 0.6) is 0 Å². The normalized spacial score (nSPS) is 12.4. The molecule has 0 aromatic heterocycles. The molecule has 2 heteroatoms. The zero-order chi connectivity index (χ0) is 13.8. The van der Waals surface area contributed by atoms with Crippen molar-refractivity contribution in [3.05, 3.63) is 71.3 Å². The first-order valence-electron chi connectivity index (χ1n) is 6.48. The van der Waals surface area contributed by atoms with Crippen molar-refractivity contribution in [2.75, 3.05) is 0 Å². The van der Waals surface area contributed by atoms with Gasteiger partial charge < -0.3 is 5.11 Å². The van der Waals surface area contributed by atoms with E-state index in [2.05, 4.69) is 0 Å². The van der Waals surface area contributed by atoms with Gasteiger partial charge >= 0.3 is 0 Å². The average molecular weight is 254 g/mol. The Bertz CT molecular complexity index is 558. The molecular weight excluding hydrogens is 236 g/mol. The summed E-state index contributed by atoms with van der Waals surface area (Å²) >= 11 is 0. The first kappa shape index (κ1) is 13.5. The van der Waals surface area contributed by atoms with Crippen LogP contribution in [-0.4, -0.2) is 10.9 Å². The summed E-state index contributed by atoms with van der Waals surface area (Å²) in [7, 11) is 0. The van der Waals surface area contributed by atoms with Crippen molar-refractivity contribution in [1.82, 2.24) is 0 Å². The highest BCUT2D eigenvalue weighted by atomic mass is 16.3. The van der Waals surface area contributed by atoms with Gasteiger partial charge in [0.1, 0.15) is 0 Å². The summed E-state index contributed by atoms with van der Waals surface area (Å²) in [6.07, 6.45) is -0.621. The van der Waals surface area contributed by atoms with E-state index in [4.69, 9.17) is 0 Å². The Balaban J connectivity index is 2.43. The predicted molar refractivity (Wildman–Crippen MR) is 76.1 cm³/mol. The minimum Gasteiger partial charge on any atom is -0.388 e. The third kappa shape index (κ3) is 2.91. The third-order valence-corrected chi connectivity index (χ3v) is 3.19. The van der Waals surface area contributed by atoms with Gasteiger partial charge in [0.25, 0.3) is 0 Å². The standard InChI is InChI=1S/C17H18O2/c1-12(2)16(18)14-10-6-7-11-15(14)17(19)13-8-4-3-5-9-13/h3-12,16,18H,1-2H3.